The lowest BCUT2D eigenvalue weighted by atomic mass is 9.96. The summed E-state index contributed by atoms with van der Waals surface area (Å²) in [5, 5.41) is 0. The van der Waals surface area contributed by atoms with Crippen LogP contribution in [0.15, 0.2) is 53.4 Å². The zero-order valence-corrected chi connectivity index (χ0v) is 15.2. The summed E-state index contributed by atoms with van der Waals surface area (Å²) in [4.78, 5) is -1.02. The minimum absolute atomic E-state index is 0.101. The van der Waals surface area contributed by atoms with E-state index in [2.05, 4.69) is 4.74 Å². The molecule has 3 rings (SSSR count). The molecular weight excluding hydrogens is 403 g/mol. The number of benzene rings is 2. The summed E-state index contributed by atoms with van der Waals surface area (Å²) in [7, 11) is -4.10. The van der Waals surface area contributed by atoms with Crippen LogP contribution in [0.25, 0.3) is 11.1 Å². The van der Waals surface area contributed by atoms with Gasteiger partial charge in [0.2, 0.25) is 0 Å². The van der Waals surface area contributed by atoms with E-state index in [-0.39, 0.29) is 12.0 Å². The van der Waals surface area contributed by atoms with E-state index in [1.54, 1.807) is 12.2 Å². The zero-order chi connectivity index (χ0) is 20.7. The average molecular weight is 416 g/mol. The average Bonchev–Trinajstić information content (AvgIpc) is 3.01. The molecule has 0 spiro atoms. The molecule has 0 aromatic heterocycles. The Labute approximate surface area is 157 Å². The molecule has 9 heteroatoms. The van der Waals surface area contributed by atoms with E-state index in [0.717, 1.165) is 24.3 Å². The number of allylic oxidation sites excluding steroid dienone is 4. The van der Waals surface area contributed by atoms with Gasteiger partial charge in [-0.2, -0.15) is 0 Å². The summed E-state index contributed by atoms with van der Waals surface area (Å²) in [5.74, 6) is -2.89. The Hall–Kier alpha value is -2.68. The van der Waals surface area contributed by atoms with Gasteiger partial charge in [-0.05, 0) is 53.0 Å². The minimum Gasteiger partial charge on any atom is -0.406 e. The highest BCUT2D eigenvalue weighted by atomic mass is 32.2. The lowest BCUT2D eigenvalue weighted by Gasteiger charge is -2.13. The summed E-state index contributed by atoms with van der Waals surface area (Å²) in [6.07, 6.45) is -0.585. The van der Waals surface area contributed by atoms with Crippen LogP contribution in [-0.4, -0.2) is 21.0 Å². The maximum atomic E-state index is 14.2. The van der Waals surface area contributed by atoms with Crippen molar-refractivity contribution in [3.63, 3.8) is 0 Å². The minimum atomic E-state index is -4.85. The van der Waals surface area contributed by atoms with Crippen LogP contribution >= 0.6 is 0 Å². The first-order valence-corrected chi connectivity index (χ1v) is 9.80. The number of sulfone groups is 1. The van der Waals surface area contributed by atoms with Gasteiger partial charge in [0.15, 0.2) is 9.84 Å². The molecule has 2 aromatic carbocycles. The highest BCUT2D eigenvalue weighted by Crippen LogP contribution is 2.38. The van der Waals surface area contributed by atoms with Crippen LogP contribution in [0.2, 0.25) is 0 Å². The van der Waals surface area contributed by atoms with E-state index in [4.69, 9.17) is 0 Å². The quantitative estimate of drug-likeness (QED) is 0.649. The van der Waals surface area contributed by atoms with Gasteiger partial charge in [0.25, 0.3) is 0 Å². The topological polar surface area (TPSA) is 43.4 Å². The summed E-state index contributed by atoms with van der Waals surface area (Å²) in [6.45, 7) is 0. The lowest BCUT2D eigenvalue weighted by Crippen LogP contribution is -2.17. The van der Waals surface area contributed by atoms with Crippen LogP contribution in [-0.2, 0) is 9.84 Å². The first-order chi connectivity index (χ1) is 13.0. The van der Waals surface area contributed by atoms with Crippen molar-refractivity contribution in [1.29, 1.82) is 0 Å². The molecule has 2 aromatic rings. The number of alkyl halides is 3. The molecule has 0 atom stereocenters. The molecule has 28 heavy (non-hydrogen) atoms. The van der Waals surface area contributed by atoms with E-state index < -0.39 is 38.5 Å². The summed E-state index contributed by atoms with van der Waals surface area (Å²) in [6, 6.07) is 6.99. The van der Waals surface area contributed by atoms with Crippen molar-refractivity contribution in [2.45, 2.75) is 17.7 Å². The number of halogens is 5. The Morgan fingerprint density at radius 2 is 1.64 bits per heavy atom. The monoisotopic (exact) mass is 416 g/mol. The number of hydrogen-bond acceptors (Lipinski definition) is 3. The number of rotatable bonds is 4. The Morgan fingerprint density at radius 1 is 1.00 bits per heavy atom. The van der Waals surface area contributed by atoms with Gasteiger partial charge in [-0.25, -0.2) is 17.2 Å². The summed E-state index contributed by atoms with van der Waals surface area (Å²) >= 11 is 0. The largest absolute Gasteiger partial charge is 0.573 e. The third-order valence-corrected chi connectivity index (χ3v) is 5.16. The second kappa shape index (κ2) is 7.05. The molecule has 3 nitrogen and oxygen atoms in total. The zero-order valence-electron chi connectivity index (χ0n) is 14.3. The maximum Gasteiger partial charge on any atom is 0.573 e. The Balaban J connectivity index is 2.08. The van der Waals surface area contributed by atoms with Crippen LogP contribution in [0.3, 0.4) is 0 Å². The molecule has 0 radical (unpaired) electrons. The predicted octanol–water partition coefficient (Wildman–Crippen LogP) is 5.14. The van der Waals surface area contributed by atoms with Crippen LogP contribution in [0.1, 0.15) is 17.5 Å². The van der Waals surface area contributed by atoms with Gasteiger partial charge in [-0.3, -0.25) is 0 Å². The van der Waals surface area contributed by atoms with Crippen LogP contribution < -0.4 is 4.74 Å². The third-order valence-electron chi connectivity index (χ3n) is 4.03. The smallest absolute Gasteiger partial charge is 0.406 e. The highest BCUT2D eigenvalue weighted by molar-refractivity contribution is 7.90. The van der Waals surface area contributed by atoms with Gasteiger partial charge in [0.05, 0.1) is 0 Å². The molecular formula is C19H13F5O3S. The van der Waals surface area contributed by atoms with Crippen LogP contribution in [0.5, 0.6) is 5.75 Å². The van der Waals surface area contributed by atoms with Gasteiger partial charge in [0, 0.05) is 6.26 Å². The molecule has 0 bridgehead atoms. The van der Waals surface area contributed by atoms with Gasteiger partial charge in [-0.1, -0.05) is 24.3 Å². The van der Waals surface area contributed by atoms with Gasteiger partial charge in [-0.15, -0.1) is 13.2 Å². The van der Waals surface area contributed by atoms with Crippen LogP contribution in [0, 0.1) is 11.6 Å². The molecule has 0 saturated heterocycles. The highest BCUT2D eigenvalue weighted by Gasteiger charge is 2.31. The number of ether oxygens (including phenoxy) is 1. The fraction of sp³-hybridized carbons (Fsp3) is 0.158. The van der Waals surface area contributed by atoms with Crippen molar-refractivity contribution in [2.75, 3.05) is 6.26 Å². The fourth-order valence-corrected chi connectivity index (χ4v) is 3.82. The predicted molar refractivity (Wildman–Crippen MR) is 93.2 cm³/mol. The first kappa shape index (κ1) is 20.1. The first-order valence-electron chi connectivity index (χ1n) is 7.91. The van der Waals surface area contributed by atoms with Crippen molar-refractivity contribution in [2.24, 2.45) is 0 Å². The van der Waals surface area contributed by atoms with E-state index in [0.29, 0.717) is 23.0 Å². The summed E-state index contributed by atoms with van der Waals surface area (Å²) < 4.78 is 92.7. The second-order valence-electron chi connectivity index (χ2n) is 6.12. The Morgan fingerprint density at radius 3 is 2.21 bits per heavy atom. The van der Waals surface area contributed by atoms with Gasteiger partial charge in [0.1, 0.15) is 22.3 Å². The Bertz CT molecular complexity index is 1080. The van der Waals surface area contributed by atoms with Gasteiger partial charge < -0.3 is 4.74 Å². The van der Waals surface area contributed by atoms with E-state index >= 15 is 0 Å². The molecule has 0 heterocycles. The SMILES string of the molecule is CS(=O)(=O)c1c(F)cc(C2=C(c3cccc(OC(F)(F)F)c3)C=CC2)cc1F. The molecule has 0 amide bonds. The fourth-order valence-electron chi connectivity index (χ4n) is 3.00. The molecule has 0 aliphatic heterocycles. The van der Waals surface area contributed by atoms with E-state index in [1.807, 2.05) is 0 Å². The summed E-state index contributed by atoms with van der Waals surface area (Å²) in [5.41, 5.74) is 1.36. The Kier molecular flexibility index (Phi) is 5.05. The molecule has 0 fully saturated rings. The van der Waals surface area contributed by atoms with Crippen molar-refractivity contribution in [3.05, 3.63) is 71.3 Å². The van der Waals surface area contributed by atoms with E-state index in [1.165, 1.54) is 12.1 Å². The standard InChI is InChI=1S/C19H13F5O3S/c1-28(25,26)18-16(20)9-12(10-17(18)21)15-7-3-6-14(15)11-4-2-5-13(8-11)27-19(22,23)24/h2-6,8-10H,7H2,1H3. The molecule has 148 valence electrons. The van der Waals surface area contributed by atoms with Crippen molar-refractivity contribution in [1.82, 2.24) is 0 Å². The van der Waals surface area contributed by atoms with Crippen LogP contribution in [0.4, 0.5) is 22.0 Å². The molecule has 1 aliphatic rings. The lowest BCUT2D eigenvalue weighted by molar-refractivity contribution is -0.274. The maximum absolute atomic E-state index is 14.2. The van der Waals surface area contributed by atoms with Crippen molar-refractivity contribution in [3.8, 4) is 5.75 Å². The van der Waals surface area contributed by atoms with E-state index in [9.17, 15) is 30.4 Å². The molecule has 0 unspecified atom stereocenters. The second-order valence-corrected chi connectivity index (χ2v) is 8.07. The third kappa shape index (κ3) is 4.24. The normalized spacial score (nSPS) is 14.6. The van der Waals surface area contributed by atoms with Crippen molar-refractivity contribution < 1.29 is 35.1 Å². The molecule has 0 N–H and O–H groups in total. The number of hydrogen-bond donors (Lipinski definition) is 0. The molecule has 0 saturated carbocycles. The molecule has 1 aliphatic carbocycles. The van der Waals surface area contributed by atoms with Crippen molar-refractivity contribution >= 4 is 21.0 Å². The van der Waals surface area contributed by atoms with Gasteiger partial charge >= 0.3 is 6.36 Å².